The average molecular weight is 306 g/mol. The third-order valence-corrected chi connectivity index (χ3v) is 3.97. The Bertz CT molecular complexity index is 773. The van der Waals surface area contributed by atoms with Gasteiger partial charge in [-0.25, -0.2) is 14.4 Å². The maximum Gasteiger partial charge on any atom is 0.133 e. The van der Waals surface area contributed by atoms with Crippen LogP contribution in [0.15, 0.2) is 41.9 Å². The summed E-state index contributed by atoms with van der Waals surface area (Å²) in [6.45, 7) is 0. The van der Waals surface area contributed by atoms with Gasteiger partial charge in [0.05, 0.1) is 16.3 Å². The zero-order chi connectivity index (χ0) is 14.1. The van der Waals surface area contributed by atoms with Crippen molar-refractivity contribution >= 4 is 28.8 Å². The van der Waals surface area contributed by atoms with E-state index in [1.807, 2.05) is 11.4 Å². The number of halogens is 2. The zero-order valence-electron chi connectivity index (χ0n) is 10.2. The average Bonchev–Trinajstić information content (AvgIpc) is 2.88. The van der Waals surface area contributed by atoms with Crippen molar-refractivity contribution in [2.24, 2.45) is 0 Å². The van der Waals surface area contributed by atoms with Crippen molar-refractivity contribution in [2.75, 3.05) is 5.73 Å². The predicted molar refractivity (Wildman–Crippen MR) is 80.2 cm³/mol. The van der Waals surface area contributed by atoms with Gasteiger partial charge in [0.2, 0.25) is 0 Å². The lowest BCUT2D eigenvalue weighted by molar-refractivity contribution is 0.628. The number of aromatic nitrogens is 2. The highest BCUT2D eigenvalue weighted by molar-refractivity contribution is 7.13. The lowest BCUT2D eigenvalue weighted by Gasteiger charge is -2.01. The quantitative estimate of drug-likeness (QED) is 0.770. The van der Waals surface area contributed by atoms with E-state index in [-0.39, 0.29) is 5.82 Å². The van der Waals surface area contributed by atoms with Gasteiger partial charge >= 0.3 is 0 Å². The molecule has 0 saturated carbocycles. The normalized spacial score (nSPS) is 10.7. The molecule has 0 saturated heterocycles. The van der Waals surface area contributed by atoms with Crippen LogP contribution in [0.3, 0.4) is 0 Å². The molecule has 2 heterocycles. The zero-order valence-corrected chi connectivity index (χ0v) is 11.7. The maximum absolute atomic E-state index is 13.1. The van der Waals surface area contributed by atoms with Crippen LogP contribution in [0.25, 0.3) is 21.8 Å². The minimum absolute atomic E-state index is 0.334. The van der Waals surface area contributed by atoms with Crippen LogP contribution >= 0.6 is 22.9 Å². The number of rotatable bonds is 2. The van der Waals surface area contributed by atoms with E-state index in [0.717, 1.165) is 10.6 Å². The molecule has 0 aliphatic heterocycles. The Kier molecular flexibility index (Phi) is 3.38. The van der Waals surface area contributed by atoms with Crippen LogP contribution in [0.5, 0.6) is 0 Å². The number of nitrogens with two attached hydrogens (primary N) is 1. The molecule has 0 atom stereocenters. The minimum atomic E-state index is -0.370. The van der Waals surface area contributed by atoms with Gasteiger partial charge in [0.25, 0.3) is 0 Å². The third-order valence-electron chi connectivity index (χ3n) is 2.78. The molecule has 0 aliphatic carbocycles. The molecule has 2 N–H and O–H groups in total. The summed E-state index contributed by atoms with van der Waals surface area (Å²) in [6, 6.07) is 7.91. The van der Waals surface area contributed by atoms with E-state index < -0.39 is 0 Å². The smallest absolute Gasteiger partial charge is 0.133 e. The van der Waals surface area contributed by atoms with Gasteiger partial charge in [0.1, 0.15) is 16.6 Å². The highest BCUT2D eigenvalue weighted by atomic mass is 35.5. The molecule has 0 fully saturated rings. The molecule has 100 valence electrons. The van der Waals surface area contributed by atoms with Gasteiger partial charge in [-0.05, 0) is 30.3 Å². The van der Waals surface area contributed by atoms with Crippen LogP contribution in [-0.4, -0.2) is 9.97 Å². The molecular weight excluding hydrogens is 297 g/mol. The number of thiazole rings is 1. The molecule has 6 heteroatoms. The van der Waals surface area contributed by atoms with Crippen LogP contribution in [0.1, 0.15) is 0 Å². The standard InChI is InChI=1S/C14H9ClFN3S/c15-11-6-8(16)3-4-9(11)12-7-20-14(19-12)10-2-1-5-18-13(10)17/h1-7H,(H2,17,18). The number of hydrogen-bond donors (Lipinski definition) is 1. The Balaban J connectivity index is 2.04. The minimum Gasteiger partial charge on any atom is -0.383 e. The van der Waals surface area contributed by atoms with Crippen LogP contribution in [0, 0.1) is 5.82 Å². The Morgan fingerprint density at radius 2 is 2.05 bits per heavy atom. The van der Waals surface area contributed by atoms with Crippen molar-refractivity contribution < 1.29 is 4.39 Å². The summed E-state index contributed by atoms with van der Waals surface area (Å²) in [4.78, 5) is 8.53. The molecule has 0 bridgehead atoms. The van der Waals surface area contributed by atoms with Gasteiger partial charge in [0, 0.05) is 17.1 Å². The Labute approximate surface area is 123 Å². The predicted octanol–water partition coefficient (Wildman–Crippen LogP) is 4.25. The van der Waals surface area contributed by atoms with E-state index in [0.29, 0.717) is 22.1 Å². The van der Waals surface area contributed by atoms with Crippen molar-refractivity contribution in [1.82, 2.24) is 9.97 Å². The molecule has 0 spiro atoms. The molecule has 3 rings (SSSR count). The van der Waals surface area contributed by atoms with E-state index in [1.54, 1.807) is 18.3 Å². The molecule has 1 aromatic carbocycles. The molecule has 0 aliphatic rings. The van der Waals surface area contributed by atoms with Gasteiger partial charge < -0.3 is 5.73 Å². The third kappa shape index (κ3) is 2.37. The van der Waals surface area contributed by atoms with Crippen LogP contribution < -0.4 is 5.73 Å². The fraction of sp³-hybridized carbons (Fsp3) is 0. The monoisotopic (exact) mass is 305 g/mol. The van der Waals surface area contributed by atoms with Gasteiger partial charge in [-0.1, -0.05) is 11.6 Å². The lowest BCUT2D eigenvalue weighted by atomic mass is 10.2. The summed E-state index contributed by atoms with van der Waals surface area (Å²) in [5.41, 5.74) is 8.00. The van der Waals surface area contributed by atoms with Gasteiger partial charge in [-0.15, -0.1) is 11.3 Å². The fourth-order valence-corrected chi connectivity index (χ4v) is 2.93. The fourth-order valence-electron chi connectivity index (χ4n) is 1.82. The van der Waals surface area contributed by atoms with E-state index in [4.69, 9.17) is 17.3 Å². The van der Waals surface area contributed by atoms with Crippen molar-refractivity contribution in [3.63, 3.8) is 0 Å². The number of benzene rings is 1. The second kappa shape index (κ2) is 5.19. The van der Waals surface area contributed by atoms with Crippen molar-refractivity contribution in [1.29, 1.82) is 0 Å². The maximum atomic E-state index is 13.1. The highest BCUT2D eigenvalue weighted by Gasteiger charge is 2.12. The summed E-state index contributed by atoms with van der Waals surface area (Å²) >= 11 is 7.48. The molecule has 0 unspecified atom stereocenters. The number of nitrogen functional groups attached to an aromatic ring is 1. The van der Waals surface area contributed by atoms with Crippen LogP contribution in [0.2, 0.25) is 5.02 Å². The van der Waals surface area contributed by atoms with Crippen molar-refractivity contribution in [3.05, 3.63) is 52.7 Å². The Morgan fingerprint density at radius 3 is 2.80 bits per heavy atom. The largest absolute Gasteiger partial charge is 0.383 e. The van der Waals surface area contributed by atoms with Crippen molar-refractivity contribution in [2.45, 2.75) is 0 Å². The SMILES string of the molecule is Nc1ncccc1-c1nc(-c2ccc(F)cc2Cl)cs1. The van der Waals surface area contributed by atoms with E-state index in [2.05, 4.69) is 9.97 Å². The van der Waals surface area contributed by atoms with Gasteiger partial charge in [0.15, 0.2) is 0 Å². The second-order valence-corrected chi connectivity index (χ2v) is 5.36. The number of anilines is 1. The molecule has 20 heavy (non-hydrogen) atoms. The van der Waals surface area contributed by atoms with E-state index >= 15 is 0 Å². The summed E-state index contributed by atoms with van der Waals surface area (Å²) in [6.07, 6.45) is 1.63. The first kappa shape index (κ1) is 13.0. The van der Waals surface area contributed by atoms with Crippen molar-refractivity contribution in [3.8, 4) is 21.8 Å². The highest BCUT2D eigenvalue weighted by Crippen LogP contribution is 2.34. The first-order chi connectivity index (χ1) is 9.65. The lowest BCUT2D eigenvalue weighted by Crippen LogP contribution is -1.92. The topological polar surface area (TPSA) is 51.8 Å². The Morgan fingerprint density at radius 1 is 1.20 bits per heavy atom. The molecule has 3 aromatic rings. The second-order valence-electron chi connectivity index (χ2n) is 4.10. The van der Waals surface area contributed by atoms with Gasteiger partial charge in [-0.3, -0.25) is 0 Å². The molecule has 3 nitrogen and oxygen atoms in total. The molecule has 0 amide bonds. The number of nitrogens with zero attached hydrogens (tertiary/aromatic N) is 2. The first-order valence-corrected chi connectivity index (χ1v) is 7.03. The summed E-state index contributed by atoms with van der Waals surface area (Å²) in [5, 5.41) is 2.95. The van der Waals surface area contributed by atoms with E-state index in [9.17, 15) is 4.39 Å². The number of hydrogen-bond acceptors (Lipinski definition) is 4. The summed E-state index contributed by atoms with van der Waals surface area (Å²) in [5.74, 6) is 0.0595. The summed E-state index contributed by atoms with van der Waals surface area (Å²) in [7, 11) is 0. The Hall–Kier alpha value is -1.98. The summed E-state index contributed by atoms with van der Waals surface area (Å²) < 4.78 is 13.1. The molecule has 2 aromatic heterocycles. The van der Waals surface area contributed by atoms with Crippen LogP contribution in [0.4, 0.5) is 10.2 Å². The molecule has 0 radical (unpaired) electrons. The van der Waals surface area contributed by atoms with Crippen LogP contribution in [-0.2, 0) is 0 Å². The number of pyridine rings is 1. The first-order valence-electron chi connectivity index (χ1n) is 5.77. The van der Waals surface area contributed by atoms with Gasteiger partial charge in [-0.2, -0.15) is 0 Å². The van der Waals surface area contributed by atoms with E-state index in [1.165, 1.54) is 23.5 Å². The molecular formula is C14H9ClFN3S.